The molecule has 0 saturated heterocycles. The number of halogens is 1. The maximum atomic E-state index is 13.0. The first-order valence-corrected chi connectivity index (χ1v) is 5.88. The molecule has 4 heteroatoms. The molecule has 0 bridgehead atoms. The van der Waals surface area contributed by atoms with Crippen molar-refractivity contribution < 1.29 is 18.7 Å². The second-order valence-electron chi connectivity index (χ2n) is 3.81. The quantitative estimate of drug-likeness (QED) is 0.766. The lowest BCUT2D eigenvalue weighted by Gasteiger charge is -2.09. The lowest BCUT2D eigenvalue weighted by molar-refractivity contribution is 0.112. The molecule has 0 saturated carbocycles. The largest absolute Gasteiger partial charge is 0.494 e. The van der Waals surface area contributed by atoms with Crippen molar-refractivity contribution in [3.05, 3.63) is 53.8 Å². The number of hydrogen-bond acceptors (Lipinski definition) is 3. The summed E-state index contributed by atoms with van der Waals surface area (Å²) >= 11 is 0. The summed E-state index contributed by atoms with van der Waals surface area (Å²) in [5, 5.41) is 0. The van der Waals surface area contributed by atoms with Gasteiger partial charge < -0.3 is 9.47 Å². The molecule has 0 N–H and O–H groups in total. The van der Waals surface area contributed by atoms with E-state index in [1.165, 1.54) is 12.1 Å². The third kappa shape index (κ3) is 3.31. The molecule has 0 aliphatic carbocycles. The molecule has 0 heterocycles. The van der Waals surface area contributed by atoms with Crippen molar-refractivity contribution in [2.24, 2.45) is 0 Å². The van der Waals surface area contributed by atoms with Crippen LogP contribution >= 0.6 is 0 Å². The molecule has 3 nitrogen and oxygen atoms in total. The van der Waals surface area contributed by atoms with E-state index in [2.05, 4.69) is 0 Å². The van der Waals surface area contributed by atoms with Gasteiger partial charge in [0.1, 0.15) is 23.1 Å². The van der Waals surface area contributed by atoms with E-state index in [9.17, 15) is 9.18 Å². The molecule has 0 unspecified atom stereocenters. The number of hydrogen-bond donors (Lipinski definition) is 0. The fourth-order valence-electron chi connectivity index (χ4n) is 1.63. The maximum absolute atomic E-state index is 13.0. The Labute approximate surface area is 110 Å². The normalized spacial score (nSPS) is 10.0. The first-order chi connectivity index (χ1) is 9.22. The molecule has 0 radical (unpaired) electrons. The fourth-order valence-corrected chi connectivity index (χ4v) is 1.63. The van der Waals surface area contributed by atoms with Crippen LogP contribution in [0.1, 0.15) is 17.3 Å². The Hall–Kier alpha value is -2.36. The van der Waals surface area contributed by atoms with Crippen LogP contribution in [0.2, 0.25) is 0 Å². The number of carbonyl (C=O) groups is 1. The van der Waals surface area contributed by atoms with E-state index in [0.717, 1.165) is 6.07 Å². The molecular weight excluding hydrogens is 247 g/mol. The average molecular weight is 260 g/mol. The zero-order valence-electron chi connectivity index (χ0n) is 10.4. The molecule has 0 aliphatic rings. The molecule has 19 heavy (non-hydrogen) atoms. The van der Waals surface area contributed by atoms with Crippen LogP contribution in [-0.2, 0) is 0 Å². The highest BCUT2D eigenvalue weighted by Gasteiger charge is 2.06. The topological polar surface area (TPSA) is 35.5 Å². The molecule has 0 spiro atoms. The minimum absolute atomic E-state index is 0.168. The molecule has 2 aromatic carbocycles. The van der Waals surface area contributed by atoms with Gasteiger partial charge in [0.2, 0.25) is 0 Å². The second-order valence-corrected chi connectivity index (χ2v) is 3.81. The Morgan fingerprint density at radius 3 is 2.68 bits per heavy atom. The molecule has 2 rings (SSSR count). The van der Waals surface area contributed by atoms with Crippen molar-refractivity contribution in [1.82, 2.24) is 0 Å². The molecule has 0 aromatic heterocycles. The zero-order chi connectivity index (χ0) is 13.7. The van der Waals surface area contributed by atoms with Crippen molar-refractivity contribution in [3.8, 4) is 17.2 Å². The van der Waals surface area contributed by atoms with Crippen LogP contribution in [0.5, 0.6) is 17.2 Å². The van der Waals surface area contributed by atoms with Crippen LogP contribution in [0.25, 0.3) is 0 Å². The number of carbonyl (C=O) groups excluding carboxylic acids is 1. The van der Waals surface area contributed by atoms with E-state index >= 15 is 0 Å². The minimum Gasteiger partial charge on any atom is -0.494 e. The standard InChI is InChI=1S/C15H13FO3/c1-2-18-13-4-3-5-14(9-13)19-15-7-6-12(16)8-11(15)10-17/h3-10H,2H2,1H3. The molecule has 0 fully saturated rings. The maximum Gasteiger partial charge on any atom is 0.153 e. The summed E-state index contributed by atoms with van der Waals surface area (Å²) < 4.78 is 23.9. The van der Waals surface area contributed by atoms with Crippen molar-refractivity contribution in [2.45, 2.75) is 6.92 Å². The van der Waals surface area contributed by atoms with Crippen LogP contribution in [0.15, 0.2) is 42.5 Å². The van der Waals surface area contributed by atoms with Crippen LogP contribution < -0.4 is 9.47 Å². The Morgan fingerprint density at radius 1 is 1.16 bits per heavy atom. The van der Waals surface area contributed by atoms with Gasteiger partial charge in [0, 0.05) is 6.07 Å². The van der Waals surface area contributed by atoms with Crippen molar-refractivity contribution >= 4 is 6.29 Å². The van der Waals surface area contributed by atoms with Crippen LogP contribution in [0.3, 0.4) is 0 Å². The monoisotopic (exact) mass is 260 g/mol. The number of aldehydes is 1. The van der Waals surface area contributed by atoms with Crippen LogP contribution in [0.4, 0.5) is 4.39 Å². The predicted molar refractivity (Wildman–Crippen MR) is 69.5 cm³/mol. The van der Waals surface area contributed by atoms with E-state index in [1.807, 2.05) is 13.0 Å². The van der Waals surface area contributed by atoms with Gasteiger partial charge in [0.25, 0.3) is 0 Å². The Morgan fingerprint density at radius 2 is 1.95 bits per heavy atom. The van der Waals surface area contributed by atoms with Gasteiger partial charge in [-0.2, -0.15) is 0 Å². The highest BCUT2D eigenvalue weighted by molar-refractivity contribution is 5.79. The molecular formula is C15H13FO3. The van der Waals surface area contributed by atoms with Gasteiger partial charge in [-0.3, -0.25) is 4.79 Å². The highest BCUT2D eigenvalue weighted by Crippen LogP contribution is 2.27. The predicted octanol–water partition coefficient (Wildman–Crippen LogP) is 3.83. The van der Waals surface area contributed by atoms with E-state index in [4.69, 9.17) is 9.47 Å². The van der Waals surface area contributed by atoms with Gasteiger partial charge in [-0.05, 0) is 37.3 Å². The third-order valence-corrected chi connectivity index (χ3v) is 2.44. The fraction of sp³-hybridized carbons (Fsp3) is 0.133. The molecule has 0 atom stereocenters. The minimum atomic E-state index is -0.475. The Bertz CT molecular complexity index is 581. The van der Waals surface area contributed by atoms with Gasteiger partial charge in [0.15, 0.2) is 6.29 Å². The van der Waals surface area contributed by atoms with Crippen molar-refractivity contribution in [3.63, 3.8) is 0 Å². The van der Waals surface area contributed by atoms with E-state index < -0.39 is 5.82 Å². The average Bonchev–Trinajstić information content (AvgIpc) is 2.41. The van der Waals surface area contributed by atoms with E-state index in [1.54, 1.807) is 18.2 Å². The summed E-state index contributed by atoms with van der Waals surface area (Å²) in [4.78, 5) is 10.9. The Kier molecular flexibility index (Phi) is 4.13. The third-order valence-electron chi connectivity index (χ3n) is 2.44. The summed E-state index contributed by atoms with van der Waals surface area (Å²) in [5.41, 5.74) is 0.168. The van der Waals surface area contributed by atoms with Crippen molar-refractivity contribution in [1.29, 1.82) is 0 Å². The lowest BCUT2D eigenvalue weighted by Crippen LogP contribution is -1.94. The van der Waals surface area contributed by atoms with E-state index in [0.29, 0.717) is 30.1 Å². The van der Waals surface area contributed by atoms with Crippen LogP contribution in [-0.4, -0.2) is 12.9 Å². The SMILES string of the molecule is CCOc1cccc(Oc2ccc(F)cc2C=O)c1. The summed E-state index contributed by atoms with van der Waals surface area (Å²) in [7, 11) is 0. The van der Waals surface area contributed by atoms with Crippen molar-refractivity contribution in [2.75, 3.05) is 6.61 Å². The second kappa shape index (κ2) is 6.00. The molecule has 98 valence electrons. The van der Waals surface area contributed by atoms with Gasteiger partial charge in [-0.1, -0.05) is 6.07 Å². The summed E-state index contributed by atoms with van der Waals surface area (Å²) in [6.07, 6.45) is 0.560. The Balaban J connectivity index is 2.25. The van der Waals surface area contributed by atoms with E-state index in [-0.39, 0.29) is 5.56 Å². The lowest BCUT2D eigenvalue weighted by atomic mass is 10.2. The van der Waals surface area contributed by atoms with Gasteiger partial charge in [0.05, 0.1) is 12.2 Å². The number of ether oxygens (including phenoxy) is 2. The van der Waals surface area contributed by atoms with Gasteiger partial charge >= 0.3 is 0 Å². The van der Waals surface area contributed by atoms with Gasteiger partial charge in [-0.15, -0.1) is 0 Å². The summed E-state index contributed by atoms with van der Waals surface area (Å²) in [6, 6.07) is 10.8. The summed E-state index contributed by atoms with van der Waals surface area (Å²) in [5.74, 6) is 1.04. The molecule has 2 aromatic rings. The number of rotatable bonds is 5. The molecule has 0 aliphatic heterocycles. The van der Waals surface area contributed by atoms with Crippen LogP contribution in [0, 0.1) is 5.82 Å². The number of benzene rings is 2. The first-order valence-electron chi connectivity index (χ1n) is 5.88. The molecule has 0 amide bonds. The zero-order valence-corrected chi connectivity index (χ0v) is 10.4. The smallest absolute Gasteiger partial charge is 0.153 e. The first kappa shape index (κ1) is 13.1. The highest BCUT2D eigenvalue weighted by atomic mass is 19.1. The summed E-state index contributed by atoms with van der Waals surface area (Å²) in [6.45, 7) is 2.44. The van der Waals surface area contributed by atoms with Gasteiger partial charge in [-0.25, -0.2) is 4.39 Å².